The number of carboxylic acids is 1. The molecule has 0 amide bonds. The van der Waals surface area contributed by atoms with E-state index in [1.165, 1.54) is 6.07 Å². The van der Waals surface area contributed by atoms with E-state index in [-0.39, 0.29) is 5.69 Å². The second kappa shape index (κ2) is 6.04. The lowest BCUT2D eigenvalue weighted by molar-refractivity contribution is -0.384. The second-order valence-electron chi connectivity index (χ2n) is 4.48. The summed E-state index contributed by atoms with van der Waals surface area (Å²) in [6, 6.07) is 11.4. The summed E-state index contributed by atoms with van der Waals surface area (Å²) in [6.07, 6.45) is 0. The SMILES string of the molecule is Cc1ccc([N+](=O)[O-])c(-c2ccc(OCC(=O)O)cc2)c1. The minimum absolute atomic E-state index is 0.0276. The fraction of sp³-hybridized carbons (Fsp3) is 0.133. The number of carbonyl (C=O) groups is 1. The van der Waals surface area contributed by atoms with Crippen LogP contribution >= 0.6 is 0 Å². The van der Waals surface area contributed by atoms with E-state index in [1.54, 1.807) is 36.4 Å². The number of nitro groups is 1. The van der Waals surface area contributed by atoms with Crippen LogP contribution in [0, 0.1) is 17.0 Å². The highest BCUT2D eigenvalue weighted by atomic mass is 16.6. The van der Waals surface area contributed by atoms with Crippen LogP contribution in [0.2, 0.25) is 0 Å². The average molecular weight is 287 g/mol. The van der Waals surface area contributed by atoms with Gasteiger partial charge in [-0.2, -0.15) is 0 Å². The molecule has 2 aromatic carbocycles. The Kier molecular flexibility index (Phi) is 4.18. The molecule has 108 valence electrons. The number of aliphatic carboxylic acids is 1. The van der Waals surface area contributed by atoms with E-state index < -0.39 is 17.5 Å². The first-order chi connectivity index (χ1) is 9.97. The highest BCUT2D eigenvalue weighted by molar-refractivity contribution is 5.74. The van der Waals surface area contributed by atoms with Gasteiger partial charge in [-0.3, -0.25) is 10.1 Å². The lowest BCUT2D eigenvalue weighted by atomic mass is 10.0. The molecule has 0 aliphatic rings. The molecule has 0 aliphatic heterocycles. The van der Waals surface area contributed by atoms with Gasteiger partial charge in [0.15, 0.2) is 6.61 Å². The largest absolute Gasteiger partial charge is 0.482 e. The zero-order valence-electron chi connectivity index (χ0n) is 11.3. The lowest BCUT2D eigenvalue weighted by Crippen LogP contribution is -2.09. The second-order valence-corrected chi connectivity index (χ2v) is 4.48. The Morgan fingerprint density at radius 3 is 2.48 bits per heavy atom. The van der Waals surface area contributed by atoms with Gasteiger partial charge in [0.25, 0.3) is 5.69 Å². The maximum Gasteiger partial charge on any atom is 0.341 e. The molecule has 0 saturated carbocycles. The fourth-order valence-electron chi connectivity index (χ4n) is 1.92. The topological polar surface area (TPSA) is 89.7 Å². The van der Waals surface area contributed by atoms with E-state index in [2.05, 4.69) is 0 Å². The number of nitrogens with zero attached hydrogens (tertiary/aromatic N) is 1. The van der Waals surface area contributed by atoms with Crippen LogP contribution < -0.4 is 4.74 Å². The van der Waals surface area contributed by atoms with Crippen molar-refractivity contribution in [2.45, 2.75) is 6.92 Å². The van der Waals surface area contributed by atoms with Crippen molar-refractivity contribution in [3.63, 3.8) is 0 Å². The smallest absolute Gasteiger partial charge is 0.341 e. The van der Waals surface area contributed by atoms with Crippen LogP contribution in [0.3, 0.4) is 0 Å². The zero-order valence-corrected chi connectivity index (χ0v) is 11.3. The Morgan fingerprint density at radius 2 is 1.90 bits per heavy atom. The number of rotatable bonds is 5. The summed E-state index contributed by atoms with van der Waals surface area (Å²) in [6.45, 7) is 1.43. The molecule has 1 N–H and O–H groups in total. The summed E-state index contributed by atoms with van der Waals surface area (Å²) in [7, 11) is 0. The highest BCUT2D eigenvalue weighted by Gasteiger charge is 2.15. The predicted molar refractivity (Wildman–Crippen MR) is 76.4 cm³/mol. The third-order valence-electron chi connectivity index (χ3n) is 2.88. The normalized spacial score (nSPS) is 10.1. The molecule has 0 aliphatic carbocycles. The van der Waals surface area contributed by atoms with Crippen LogP contribution in [-0.2, 0) is 4.79 Å². The molecule has 2 aromatic rings. The van der Waals surface area contributed by atoms with Crippen molar-refractivity contribution >= 4 is 11.7 Å². The quantitative estimate of drug-likeness (QED) is 0.674. The Bertz CT molecular complexity index is 679. The number of aryl methyl sites for hydroxylation is 1. The van der Waals surface area contributed by atoms with E-state index in [4.69, 9.17) is 9.84 Å². The summed E-state index contributed by atoms with van der Waals surface area (Å²) >= 11 is 0. The average Bonchev–Trinajstić information content (AvgIpc) is 2.45. The Hall–Kier alpha value is -2.89. The number of hydrogen-bond donors (Lipinski definition) is 1. The summed E-state index contributed by atoms with van der Waals surface area (Å²) in [5.74, 6) is -0.662. The molecule has 2 rings (SSSR count). The van der Waals surface area contributed by atoms with Crippen LogP contribution in [0.4, 0.5) is 5.69 Å². The van der Waals surface area contributed by atoms with Crippen molar-refractivity contribution in [3.05, 3.63) is 58.1 Å². The Balaban J connectivity index is 2.32. The van der Waals surface area contributed by atoms with E-state index >= 15 is 0 Å². The van der Waals surface area contributed by atoms with Gasteiger partial charge >= 0.3 is 5.97 Å². The third kappa shape index (κ3) is 3.56. The molecule has 0 aromatic heterocycles. The molecule has 0 fully saturated rings. The van der Waals surface area contributed by atoms with Crippen molar-refractivity contribution in [3.8, 4) is 16.9 Å². The molecule has 21 heavy (non-hydrogen) atoms. The summed E-state index contributed by atoms with van der Waals surface area (Å²) in [4.78, 5) is 21.1. The van der Waals surface area contributed by atoms with Gasteiger partial charge in [0, 0.05) is 6.07 Å². The first kappa shape index (κ1) is 14.5. The minimum atomic E-state index is -1.06. The van der Waals surface area contributed by atoms with Gasteiger partial charge in [-0.1, -0.05) is 23.8 Å². The lowest BCUT2D eigenvalue weighted by Gasteiger charge is -2.07. The minimum Gasteiger partial charge on any atom is -0.482 e. The zero-order chi connectivity index (χ0) is 15.4. The van der Waals surface area contributed by atoms with E-state index in [9.17, 15) is 14.9 Å². The number of benzene rings is 2. The Morgan fingerprint density at radius 1 is 1.24 bits per heavy atom. The summed E-state index contributed by atoms with van der Waals surface area (Å²) < 4.78 is 5.03. The van der Waals surface area contributed by atoms with Crippen LogP contribution in [-0.4, -0.2) is 22.6 Å². The van der Waals surface area contributed by atoms with E-state index in [0.29, 0.717) is 16.9 Å². The molecule has 0 radical (unpaired) electrons. The van der Waals surface area contributed by atoms with Crippen LogP contribution in [0.15, 0.2) is 42.5 Å². The molecule has 0 heterocycles. The first-order valence-electron chi connectivity index (χ1n) is 6.17. The molecule has 0 bridgehead atoms. The van der Waals surface area contributed by atoms with E-state index in [1.807, 2.05) is 6.92 Å². The first-order valence-corrected chi connectivity index (χ1v) is 6.17. The molecule has 6 nitrogen and oxygen atoms in total. The van der Waals surface area contributed by atoms with Gasteiger partial charge in [0.1, 0.15) is 5.75 Å². The fourth-order valence-corrected chi connectivity index (χ4v) is 1.92. The molecule has 0 saturated heterocycles. The van der Waals surface area contributed by atoms with Crippen LogP contribution in [0.25, 0.3) is 11.1 Å². The highest BCUT2D eigenvalue weighted by Crippen LogP contribution is 2.31. The maximum absolute atomic E-state index is 11.1. The van der Waals surface area contributed by atoms with Gasteiger partial charge in [-0.15, -0.1) is 0 Å². The van der Waals surface area contributed by atoms with Crippen molar-refractivity contribution < 1.29 is 19.6 Å². The molecule has 0 unspecified atom stereocenters. The van der Waals surface area contributed by atoms with Gasteiger partial charge in [-0.25, -0.2) is 4.79 Å². The molecule has 0 spiro atoms. The van der Waals surface area contributed by atoms with Crippen molar-refractivity contribution in [1.29, 1.82) is 0 Å². The summed E-state index contributed by atoms with van der Waals surface area (Å²) in [5, 5.41) is 19.6. The number of nitro benzene ring substituents is 1. The van der Waals surface area contributed by atoms with Crippen molar-refractivity contribution in [1.82, 2.24) is 0 Å². The molecular weight excluding hydrogens is 274 g/mol. The van der Waals surface area contributed by atoms with Crippen LogP contribution in [0.5, 0.6) is 5.75 Å². The standard InChI is InChI=1S/C15H13NO5/c1-10-2-7-14(16(19)20)13(8-10)11-3-5-12(6-4-11)21-9-15(17)18/h2-8H,9H2,1H3,(H,17,18). The predicted octanol–water partition coefficient (Wildman–Crippen LogP) is 3.03. The third-order valence-corrected chi connectivity index (χ3v) is 2.88. The van der Waals surface area contributed by atoms with Gasteiger partial charge in [0.2, 0.25) is 0 Å². The van der Waals surface area contributed by atoms with Gasteiger partial charge in [-0.05, 0) is 30.7 Å². The number of hydrogen-bond acceptors (Lipinski definition) is 4. The van der Waals surface area contributed by atoms with Crippen LogP contribution in [0.1, 0.15) is 5.56 Å². The summed E-state index contributed by atoms with van der Waals surface area (Å²) in [5.41, 5.74) is 2.14. The molecular formula is C15H13NO5. The van der Waals surface area contributed by atoms with Crippen molar-refractivity contribution in [2.75, 3.05) is 6.61 Å². The van der Waals surface area contributed by atoms with Crippen molar-refractivity contribution in [2.24, 2.45) is 0 Å². The molecule has 0 atom stereocenters. The maximum atomic E-state index is 11.1. The molecule has 6 heteroatoms. The Labute approximate surface area is 120 Å². The monoisotopic (exact) mass is 287 g/mol. The van der Waals surface area contributed by atoms with Gasteiger partial charge < -0.3 is 9.84 Å². The van der Waals surface area contributed by atoms with Gasteiger partial charge in [0.05, 0.1) is 10.5 Å². The number of carboxylic acid groups (broad SMARTS) is 1. The number of ether oxygens (including phenoxy) is 1. The van der Waals surface area contributed by atoms with E-state index in [0.717, 1.165) is 5.56 Å².